The molecule has 44 heavy (non-hydrogen) atoms. The predicted molar refractivity (Wildman–Crippen MR) is 167 cm³/mol. The molecular weight excluding hydrogens is 583 g/mol. The lowest BCUT2D eigenvalue weighted by atomic mass is 9.95. The number of carbonyl (C=O) groups is 1. The molecule has 3 aromatic heterocycles. The van der Waals surface area contributed by atoms with Crippen LogP contribution in [0, 0.1) is 5.82 Å². The maximum atomic E-state index is 16.8. The Hall–Kier alpha value is -4.96. The lowest BCUT2D eigenvalue weighted by Crippen LogP contribution is -2.38. The summed E-state index contributed by atoms with van der Waals surface area (Å²) in [5, 5.41) is 16.9. The van der Waals surface area contributed by atoms with Gasteiger partial charge in [-0.3, -0.25) is 9.48 Å². The number of hydrogen-bond acceptors (Lipinski definition) is 6. The zero-order chi connectivity index (χ0) is 30.5. The fourth-order valence-corrected chi connectivity index (χ4v) is 6.44. The summed E-state index contributed by atoms with van der Waals surface area (Å²) in [6.07, 6.45) is 6.10. The van der Waals surface area contributed by atoms with Gasteiger partial charge < -0.3 is 19.3 Å². The molecular formula is C33H28ClFN6O3. The van der Waals surface area contributed by atoms with Crippen molar-refractivity contribution in [2.45, 2.75) is 25.5 Å². The second kappa shape index (κ2) is 10.9. The van der Waals surface area contributed by atoms with Crippen molar-refractivity contribution in [2.75, 3.05) is 13.1 Å². The number of aryl methyl sites for hydroxylation is 1. The molecule has 7 rings (SSSR count). The number of imidazole rings is 1. The van der Waals surface area contributed by atoms with Gasteiger partial charge in [-0.15, -0.1) is 0 Å². The highest BCUT2D eigenvalue weighted by atomic mass is 35.5. The van der Waals surface area contributed by atoms with Crippen LogP contribution in [-0.4, -0.2) is 53.3 Å². The molecule has 222 valence electrons. The van der Waals surface area contributed by atoms with Crippen LogP contribution in [0.1, 0.15) is 24.6 Å². The molecule has 1 aliphatic heterocycles. The zero-order valence-electron chi connectivity index (χ0n) is 23.9. The number of phenols is 1. The number of fused-ring (bicyclic) bond motifs is 4. The number of benzene rings is 3. The van der Waals surface area contributed by atoms with Crippen LogP contribution < -0.4 is 4.74 Å². The van der Waals surface area contributed by atoms with Crippen LogP contribution in [0.15, 0.2) is 73.7 Å². The van der Waals surface area contributed by atoms with Crippen molar-refractivity contribution < 1.29 is 19.0 Å². The fourth-order valence-electron chi connectivity index (χ4n) is 6.14. The molecule has 1 N–H and O–H groups in total. The van der Waals surface area contributed by atoms with Gasteiger partial charge in [0, 0.05) is 43.3 Å². The summed E-state index contributed by atoms with van der Waals surface area (Å²) in [5.41, 5.74) is 2.61. The average Bonchev–Trinajstić information content (AvgIpc) is 3.66. The first-order chi connectivity index (χ1) is 21.3. The van der Waals surface area contributed by atoms with Crippen molar-refractivity contribution >= 4 is 50.2 Å². The molecule has 0 bridgehead atoms. The SMILES string of the molecule is C=CC(=O)N1CCC(n2cnc3c(OCc4ccnn4C)nc4c(F)c(-c5cc(O)cc6ccccc56)c(Cl)cc4c32)CC1. The minimum absolute atomic E-state index is 0.000849. The van der Waals surface area contributed by atoms with Gasteiger partial charge in [0.2, 0.25) is 11.8 Å². The molecule has 3 aromatic carbocycles. The third-order valence-electron chi connectivity index (χ3n) is 8.40. The van der Waals surface area contributed by atoms with Crippen molar-refractivity contribution in [3.05, 3.63) is 90.2 Å². The van der Waals surface area contributed by atoms with Gasteiger partial charge >= 0.3 is 0 Å². The number of ether oxygens (including phenoxy) is 1. The maximum Gasteiger partial charge on any atom is 0.245 e. The van der Waals surface area contributed by atoms with E-state index in [1.807, 2.05) is 41.9 Å². The molecule has 1 amide bonds. The van der Waals surface area contributed by atoms with Crippen molar-refractivity contribution in [1.29, 1.82) is 0 Å². The number of rotatable bonds is 6. The monoisotopic (exact) mass is 610 g/mol. The zero-order valence-corrected chi connectivity index (χ0v) is 24.6. The molecule has 1 aliphatic rings. The number of aromatic hydroxyl groups is 1. The molecule has 9 nitrogen and oxygen atoms in total. The predicted octanol–water partition coefficient (Wildman–Crippen LogP) is 6.56. The summed E-state index contributed by atoms with van der Waals surface area (Å²) in [5.74, 6) is -0.549. The first-order valence-corrected chi connectivity index (χ1v) is 14.6. The molecule has 1 fully saturated rings. The van der Waals surface area contributed by atoms with E-state index in [9.17, 15) is 9.90 Å². The van der Waals surface area contributed by atoms with Crippen molar-refractivity contribution in [3.63, 3.8) is 0 Å². The number of carbonyl (C=O) groups excluding carboxylic acids is 1. The van der Waals surface area contributed by atoms with Crippen LogP contribution in [0.4, 0.5) is 4.39 Å². The summed E-state index contributed by atoms with van der Waals surface area (Å²) < 4.78 is 26.7. The Kier molecular flexibility index (Phi) is 6.93. The number of likely N-dealkylation sites (tertiary alicyclic amines) is 1. The highest BCUT2D eigenvalue weighted by Crippen LogP contribution is 2.43. The number of halogens is 2. The average molecular weight is 611 g/mol. The number of aromatic nitrogens is 5. The van der Waals surface area contributed by atoms with Gasteiger partial charge in [0.1, 0.15) is 17.9 Å². The van der Waals surface area contributed by atoms with Gasteiger partial charge in [-0.05, 0) is 59.5 Å². The number of pyridine rings is 1. The van der Waals surface area contributed by atoms with E-state index in [1.54, 1.807) is 34.2 Å². The van der Waals surface area contributed by atoms with Crippen LogP contribution in [0.25, 0.3) is 43.8 Å². The van der Waals surface area contributed by atoms with E-state index in [2.05, 4.69) is 21.6 Å². The topological polar surface area (TPSA) is 98.3 Å². The van der Waals surface area contributed by atoms with Crippen LogP contribution in [0.3, 0.4) is 0 Å². The fraction of sp³-hybridized carbons (Fsp3) is 0.212. The van der Waals surface area contributed by atoms with E-state index in [0.717, 1.165) is 16.5 Å². The normalized spacial score (nSPS) is 14.1. The second-order valence-electron chi connectivity index (χ2n) is 10.9. The van der Waals surface area contributed by atoms with Gasteiger partial charge in [0.15, 0.2) is 11.3 Å². The van der Waals surface area contributed by atoms with Crippen LogP contribution in [0.5, 0.6) is 11.6 Å². The van der Waals surface area contributed by atoms with Crippen LogP contribution in [-0.2, 0) is 18.4 Å². The van der Waals surface area contributed by atoms with E-state index < -0.39 is 5.82 Å². The second-order valence-corrected chi connectivity index (χ2v) is 11.3. The molecule has 0 radical (unpaired) electrons. The Morgan fingerprint density at radius 2 is 1.95 bits per heavy atom. The van der Waals surface area contributed by atoms with Crippen LogP contribution >= 0.6 is 11.6 Å². The van der Waals surface area contributed by atoms with Gasteiger partial charge in [-0.1, -0.05) is 42.4 Å². The number of nitrogens with zero attached hydrogens (tertiary/aromatic N) is 6. The lowest BCUT2D eigenvalue weighted by Gasteiger charge is -2.32. The van der Waals surface area contributed by atoms with Crippen molar-refractivity contribution in [3.8, 4) is 22.8 Å². The smallest absolute Gasteiger partial charge is 0.245 e. The molecule has 1 saturated heterocycles. The Balaban J connectivity index is 1.43. The third-order valence-corrected chi connectivity index (χ3v) is 8.69. The summed E-state index contributed by atoms with van der Waals surface area (Å²) in [4.78, 5) is 23.3. The third kappa shape index (κ3) is 4.62. The van der Waals surface area contributed by atoms with E-state index in [0.29, 0.717) is 47.9 Å². The molecule has 0 saturated carbocycles. The van der Waals surface area contributed by atoms with Crippen LogP contribution in [0.2, 0.25) is 5.02 Å². The molecule has 0 aliphatic carbocycles. The Labute approximate surface area is 256 Å². The molecule has 4 heterocycles. The van der Waals surface area contributed by atoms with E-state index in [1.165, 1.54) is 12.1 Å². The standard InChI is InChI=1S/C33H28ClFN6O3/c1-3-27(43)40-12-9-20(10-13-40)41-18-36-31-32(41)25-16-26(34)28(24-15-22(42)14-19-6-4-5-7-23(19)24)29(35)30(25)38-33(31)44-17-21-8-11-37-39(21)2/h3-8,11,14-16,18,20,42H,1,9-10,12-13,17H2,2H3. The summed E-state index contributed by atoms with van der Waals surface area (Å²) in [7, 11) is 1.81. The number of piperidine rings is 1. The van der Waals surface area contributed by atoms with E-state index in [4.69, 9.17) is 16.3 Å². The van der Waals surface area contributed by atoms with Gasteiger partial charge in [0.25, 0.3) is 0 Å². The lowest BCUT2D eigenvalue weighted by molar-refractivity contribution is -0.127. The van der Waals surface area contributed by atoms with Crippen molar-refractivity contribution in [2.24, 2.45) is 7.05 Å². The minimum atomic E-state index is -0.630. The van der Waals surface area contributed by atoms with Gasteiger partial charge in [-0.2, -0.15) is 5.10 Å². The molecule has 0 spiro atoms. The van der Waals surface area contributed by atoms with Crippen molar-refractivity contribution in [1.82, 2.24) is 29.2 Å². The quantitative estimate of drug-likeness (QED) is 0.214. The Morgan fingerprint density at radius 1 is 1.16 bits per heavy atom. The molecule has 0 atom stereocenters. The highest BCUT2D eigenvalue weighted by Gasteiger charge is 2.28. The summed E-state index contributed by atoms with van der Waals surface area (Å²) >= 11 is 6.88. The van der Waals surface area contributed by atoms with E-state index >= 15 is 4.39 Å². The molecule has 11 heteroatoms. The molecule has 6 aromatic rings. The number of hydrogen-bond donors (Lipinski definition) is 1. The molecule has 0 unspecified atom stereocenters. The minimum Gasteiger partial charge on any atom is -0.508 e. The first-order valence-electron chi connectivity index (χ1n) is 14.3. The number of phenolic OH excluding ortho intramolecular Hbond substituents is 1. The van der Waals surface area contributed by atoms with Gasteiger partial charge in [0.05, 0.1) is 22.6 Å². The summed E-state index contributed by atoms with van der Waals surface area (Å²) in [6.45, 7) is 4.88. The van der Waals surface area contributed by atoms with Gasteiger partial charge in [-0.25, -0.2) is 14.4 Å². The Bertz CT molecular complexity index is 2100. The summed E-state index contributed by atoms with van der Waals surface area (Å²) in [6, 6.07) is 14.1. The first kappa shape index (κ1) is 27.8. The van der Waals surface area contributed by atoms with E-state index in [-0.39, 0.29) is 46.3 Å². The largest absolute Gasteiger partial charge is 0.508 e. The number of amides is 1. The maximum absolute atomic E-state index is 16.8. The highest BCUT2D eigenvalue weighted by molar-refractivity contribution is 6.35. The Morgan fingerprint density at radius 3 is 2.70 bits per heavy atom.